The second kappa shape index (κ2) is 5.26. The van der Waals surface area contributed by atoms with Crippen molar-refractivity contribution in [1.29, 1.82) is 0 Å². The summed E-state index contributed by atoms with van der Waals surface area (Å²) in [6.45, 7) is -0.319. The number of anilines is 1. The van der Waals surface area contributed by atoms with Crippen LogP contribution in [0.3, 0.4) is 0 Å². The smallest absolute Gasteiger partial charge is 0.260 e. The maximum Gasteiger partial charge on any atom is 0.260 e. The summed E-state index contributed by atoms with van der Waals surface area (Å²) in [5, 5.41) is 4.31. The van der Waals surface area contributed by atoms with Crippen LogP contribution in [-0.2, 0) is 14.8 Å². The molecule has 2 aromatic rings. The van der Waals surface area contributed by atoms with E-state index in [1.165, 1.54) is 15.7 Å². The number of hydrogen-bond acceptors (Lipinski definition) is 7. The first-order chi connectivity index (χ1) is 10.0. The van der Waals surface area contributed by atoms with Gasteiger partial charge in [-0.05, 0) is 12.8 Å². The van der Waals surface area contributed by atoms with Gasteiger partial charge in [-0.15, -0.1) is 11.3 Å². The van der Waals surface area contributed by atoms with Gasteiger partial charge < -0.3 is 10.7 Å². The predicted molar refractivity (Wildman–Crippen MR) is 77.2 cm³/mol. The molecule has 21 heavy (non-hydrogen) atoms. The van der Waals surface area contributed by atoms with Gasteiger partial charge >= 0.3 is 0 Å². The number of nitrogen functional groups attached to an aromatic ring is 1. The molecule has 0 spiro atoms. The molecular weight excluding hydrogens is 316 g/mol. The van der Waals surface area contributed by atoms with E-state index in [-0.39, 0.29) is 29.3 Å². The Morgan fingerprint density at radius 2 is 2.29 bits per heavy atom. The quantitative estimate of drug-likeness (QED) is 0.407. The Morgan fingerprint density at radius 3 is 2.95 bits per heavy atom. The Labute approximate surface area is 124 Å². The summed E-state index contributed by atoms with van der Waals surface area (Å²) in [5.41, 5.74) is 2.26. The molecule has 5 N–H and O–H groups in total. The summed E-state index contributed by atoms with van der Waals surface area (Å²) < 4.78 is 28.4. The van der Waals surface area contributed by atoms with Crippen molar-refractivity contribution in [1.82, 2.24) is 19.4 Å². The highest BCUT2D eigenvalue weighted by Crippen LogP contribution is 2.24. The van der Waals surface area contributed by atoms with E-state index in [9.17, 15) is 13.2 Å². The van der Waals surface area contributed by atoms with Gasteiger partial charge in [0.25, 0.3) is 10.0 Å². The minimum Gasteiger partial charge on any atom is -0.352 e. The zero-order valence-corrected chi connectivity index (χ0v) is 12.5. The third-order valence-electron chi connectivity index (χ3n) is 2.97. The first-order valence-electron chi connectivity index (χ1n) is 6.22. The van der Waals surface area contributed by atoms with Crippen LogP contribution in [0.15, 0.2) is 16.6 Å². The van der Waals surface area contributed by atoms with E-state index in [4.69, 9.17) is 5.84 Å². The number of nitrogens with one attached hydrogen (secondary N) is 3. The molecule has 0 aromatic carbocycles. The molecule has 1 amide bonds. The molecule has 3 rings (SSSR count). The van der Waals surface area contributed by atoms with Crippen molar-refractivity contribution in [2.75, 3.05) is 12.0 Å². The van der Waals surface area contributed by atoms with E-state index >= 15 is 0 Å². The van der Waals surface area contributed by atoms with Gasteiger partial charge in [-0.1, -0.05) is 0 Å². The average Bonchev–Trinajstić information content (AvgIpc) is 3.00. The molecule has 0 bridgehead atoms. The van der Waals surface area contributed by atoms with Crippen LogP contribution in [-0.4, -0.2) is 36.3 Å². The fourth-order valence-electron chi connectivity index (χ4n) is 1.85. The van der Waals surface area contributed by atoms with Crippen molar-refractivity contribution in [2.45, 2.75) is 23.9 Å². The van der Waals surface area contributed by atoms with Crippen LogP contribution in [0.5, 0.6) is 0 Å². The molecule has 9 nitrogen and oxygen atoms in total. The molecule has 0 unspecified atom stereocenters. The lowest BCUT2D eigenvalue weighted by atomic mass is 10.5. The predicted octanol–water partition coefficient (Wildman–Crippen LogP) is -0.762. The number of amides is 1. The molecule has 114 valence electrons. The highest BCUT2D eigenvalue weighted by atomic mass is 32.2. The van der Waals surface area contributed by atoms with E-state index < -0.39 is 10.0 Å². The maximum atomic E-state index is 12.3. The van der Waals surface area contributed by atoms with Crippen LogP contribution < -0.4 is 21.3 Å². The van der Waals surface area contributed by atoms with Gasteiger partial charge in [0.05, 0.1) is 6.54 Å². The Morgan fingerprint density at radius 1 is 1.52 bits per heavy atom. The third kappa shape index (κ3) is 2.85. The normalized spacial score (nSPS) is 15.3. The molecule has 0 saturated heterocycles. The molecule has 11 heteroatoms. The molecule has 1 saturated carbocycles. The number of nitrogens with two attached hydrogens (primary N) is 1. The first kappa shape index (κ1) is 14.3. The molecule has 1 aliphatic rings. The Kier molecular flexibility index (Phi) is 3.57. The standard InChI is InChI=1S/C10H14N6O3S2/c11-15-8-9(16-3-4-20-10(16)14-8)21(18,19)12-5-7(17)13-6-1-2-6/h3-4,6,12,15H,1-2,5,11H2,(H,13,17). The number of fused-ring (bicyclic) bond motifs is 1. The van der Waals surface area contributed by atoms with Crippen molar-refractivity contribution in [3.8, 4) is 0 Å². The van der Waals surface area contributed by atoms with Crippen molar-refractivity contribution in [3.63, 3.8) is 0 Å². The molecule has 0 aliphatic heterocycles. The zero-order chi connectivity index (χ0) is 15.0. The number of hydrazine groups is 1. The lowest BCUT2D eigenvalue weighted by molar-refractivity contribution is -0.120. The van der Waals surface area contributed by atoms with Crippen LogP contribution >= 0.6 is 11.3 Å². The number of nitrogens with zero attached hydrogens (tertiary/aromatic N) is 2. The highest BCUT2D eigenvalue weighted by Gasteiger charge is 2.27. The van der Waals surface area contributed by atoms with Gasteiger partial charge in [-0.25, -0.2) is 19.0 Å². The van der Waals surface area contributed by atoms with E-state index in [1.54, 1.807) is 11.6 Å². The fourth-order valence-corrected chi connectivity index (χ4v) is 3.85. The second-order valence-corrected chi connectivity index (χ2v) is 7.19. The molecular formula is C10H14N6O3S2. The van der Waals surface area contributed by atoms with Gasteiger partial charge in [0.1, 0.15) is 0 Å². The molecule has 1 aliphatic carbocycles. The third-order valence-corrected chi connectivity index (χ3v) is 5.15. The molecule has 0 atom stereocenters. The monoisotopic (exact) mass is 330 g/mol. The van der Waals surface area contributed by atoms with E-state index in [0.29, 0.717) is 4.96 Å². The van der Waals surface area contributed by atoms with E-state index in [0.717, 1.165) is 12.8 Å². The van der Waals surface area contributed by atoms with Crippen molar-refractivity contribution >= 4 is 38.0 Å². The van der Waals surface area contributed by atoms with Gasteiger partial charge in [-0.3, -0.25) is 9.20 Å². The number of imidazole rings is 1. The number of rotatable bonds is 6. The summed E-state index contributed by atoms with van der Waals surface area (Å²) >= 11 is 1.28. The van der Waals surface area contributed by atoms with E-state index in [2.05, 4.69) is 20.4 Å². The number of thiazole rings is 1. The number of carbonyl (C=O) groups is 1. The summed E-state index contributed by atoms with van der Waals surface area (Å²) in [6, 6.07) is 0.182. The average molecular weight is 330 g/mol. The fraction of sp³-hybridized carbons (Fsp3) is 0.400. The number of carbonyl (C=O) groups excluding carboxylic acids is 1. The van der Waals surface area contributed by atoms with Crippen molar-refractivity contribution in [3.05, 3.63) is 11.6 Å². The maximum absolute atomic E-state index is 12.3. The first-order valence-corrected chi connectivity index (χ1v) is 8.59. The largest absolute Gasteiger partial charge is 0.352 e. The second-order valence-electron chi connectivity index (χ2n) is 4.63. The van der Waals surface area contributed by atoms with Crippen molar-refractivity contribution in [2.24, 2.45) is 5.84 Å². The SMILES string of the molecule is NNc1nc2sccn2c1S(=O)(=O)NCC(=O)NC1CC1. The van der Waals surface area contributed by atoms with Crippen molar-refractivity contribution < 1.29 is 13.2 Å². The number of sulfonamides is 1. The highest BCUT2D eigenvalue weighted by molar-refractivity contribution is 7.89. The van der Waals surface area contributed by atoms with Gasteiger partial charge in [-0.2, -0.15) is 4.98 Å². The summed E-state index contributed by atoms with van der Waals surface area (Å²) in [6.07, 6.45) is 3.46. The number of hydrogen-bond donors (Lipinski definition) is 4. The molecule has 2 aromatic heterocycles. The molecule has 0 radical (unpaired) electrons. The Balaban J connectivity index is 1.81. The topological polar surface area (TPSA) is 131 Å². The lowest BCUT2D eigenvalue weighted by Crippen LogP contribution is -2.38. The Hall–Kier alpha value is -1.69. The van der Waals surface area contributed by atoms with Crippen LogP contribution in [0.2, 0.25) is 0 Å². The molecule has 2 heterocycles. The van der Waals surface area contributed by atoms with E-state index in [1.807, 2.05) is 0 Å². The lowest BCUT2D eigenvalue weighted by Gasteiger charge is -2.07. The van der Waals surface area contributed by atoms with Crippen LogP contribution in [0.25, 0.3) is 4.96 Å². The number of aromatic nitrogens is 2. The summed E-state index contributed by atoms with van der Waals surface area (Å²) in [4.78, 5) is 16.1. The Bertz CT molecular complexity index is 776. The molecule has 1 fully saturated rings. The van der Waals surface area contributed by atoms with Gasteiger partial charge in [0, 0.05) is 17.6 Å². The summed E-state index contributed by atoms with van der Waals surface area (Å²) in [7, 11) is -3.91. The minimum atomic E-state index is -3.91. The zero-order valence-electron chi connectivity index (χ0n) is 10.9. The summed E-state index contributed by atoms with van der Waals surface area (Å²) in [5.74, 6) is 4.99. The minimum absolute atomic E-state index is 0.0388. The van der Waals surface area contributed by atoms with Gasteiger partial charge in [0.2, 0.25) is 10.9 Å². The van der Waals surface area contributed by atoms with Crippen LogP contribution in [0.4, 0.5) is 5.82 Å². The van der Waals surface area contributed by atoms with Crippen LogP contribution in [0.1, 0.15) is 12.8 Å². The van der Waals surface area contributed by atoms with Crippen LogP contribution in [0, 0.1) is 0 Å². The van der Waals surface area contributed by atoms with Gasteiger partial charge in [0.15, 0.2) is 10.8 Å².